The minimum Gasteiger partial charge on any atom is -0.351 e. The SMILES string of the molecule is CCOC(OCC)C(N)Cc1ccc(CC)cn1. The van der Waals surface area contributed by atoms with E-state index in [1.807, 2.05) is 26.1 Å². The fraction of sp³-hybridized carbons (Fsp3) is 0.643. The van der Waals surface area contributed by atoms with Crippen molar-refractivity contribution in [3.05, 3.63) is 29.6 Å². The van der Waals surface area contributed by atoms with E-state index >= 15 is 0 Å². The average Bonchev–Trinajstić information content (AvgIpc) is 2.39. The molecule has 0 saturated carbocycles. The second-order valence-corrected chi connectivity index (χ2v) is 4.16. The summed E-state index contributed by atoms with van der Waals surface area (Å²) in [6, 6.07) is 3.92. The van der Waals surface area contributed by atoms with Crippen molar-refractivity contribution in [2.75, 3.05) is 13.2 Å². The van der Waals surface area contributed by atoms with Gasteiger partial charge in [0.05, 0.1) is 6.04 Å². The van der Waals surface area contributed by atoms with Crippen LogP contribution < -0.4 is 5.73 Å². The molecule has 0 aliphatic heterocycles. The molecule has 1 rings (SSSR count). The first-order valence-corrected chi connectivity index (χ1v) is 6.63. The number of hydrogen-bond acceptors (Lipinski definition) is 4. The van der Waals surface area contributed by atoms with E-state index in [9.17, 15) is 0 Å². The summed E-state index contributed by atoms with van der Waals surface area (Å²) in [5.74, 6) is 0. The van der Waals surface area contributed by atoms with E-state index < -0.39 is 0 Å². The van der Waals surface area contributed by atoms with E-state index in [2.05, 4.69) is 18.0 Å². The minimum atomic E-state index is -0.354. The first-order chi connectivity index (χ1) is 8.71. The molecule has 1 aromatic heterocycles. The lowest BCUT2D eigenvalue weighted by Crippen LogP contribution is -2.40. The summed E-state index contributed by atoms with van der Waals surface area (Å²) >= 11 is 0. The number of nitrogens with two attached hydrogens (primary N) is 1. The van der Waals surface area contributed by atoms with E-state index in [1.165, 1.54) is 5.56 Å². The van der Waals surface area contributed by atoms with Gasteiger partial charge in [0.2, 0.25) is 0 Å². The fourth-order valence-corrected chi connectivity index (χ4v) is 1.75. The van der Waals surface area contributed by atoms with Crippen molar-refractivity contribution in [2.45, 2.75) is 45.9 Å². The second kappa shape index (κ2) is 8.19. The summed E-state index contributed by atoms with van der Waals surface area (Å²) < 4.78 is 11.0. The quantitative estimate of drug-likeness (QED) is 0.718. The van der Waals surface area contributed by atoms with Crippen molar-refractivity contribution in [3.63, 3.8) is 0 Å². The van der Waals surface area contributed by atoms with Crippen LogP contribution in [-0.2, 0) is 22.3 Å². The maximum Gasteiger partial charge on any atom is 0.172 e. The summed E-state index contributed by atoms with van der Waals surface area (Å²) in [4.78, 5) is 4.40. The number of hydrogen-bond donors (Lipinski definition) is 1. The van der Waals surface area contributed by atoms with Gasteiger partial charge in [-0.2, -0.15) is 0 Å². The Morgan fingerprint density at radius 2 is 1.83 bits per heavy atom. The van der Waals surface area contributed by atoms with Crippen LogP contribution in [0.15, 0.2) is 18.3 Å². The Bertz CT molecular complexity index is 321. The van der Waals surface area contributed by atoms with Crippen molar-refractivity contribution in [3.8, 4) is 0 Å². The zero-order chi connectivity index (χ0) is 13.4. The van der Waals surface area contributed by atoms with E-state index in [-0.39, 0.29) is 12.3 Å². The summed E-state index contributed by atoms with van der Waals surface area (Å²) in [6.45, 7) is 7.18. The molecular formula is C14H24N2O2. The van der Waals surface area contributed by atoms with Crippen LogP contribution in [0.2, 0.25) is 0 Å². The van der Waals surface area contributed by atoms with Gasteiger partial charge in [-0.25, -0.2) is 0 Å². The Morgan fingerprint density at radius 3 is 2.28 bits per heavy atom. The van der Waals surface area contributed by atoms with Gasteiger partial charge < -0.3 is 15.2 Å². The summed E-state index contributed by atoms with van der Waals surface area (Å²) in [7, 11) is 0. The average molecular weight is 252 g/mol. The molecule has 102 valence electrons. The Morgan fingerprint density at radius 1 is 1.17 bits per heavy atom. The molecule has 0 aromatic carbocycles. The zero-order valence-electron chi connectivity index (χ0n) is 11.6. The Kier molecular flexibility index (Phi) is 6.86. The highest BCUT2D eigenvalue weighted by Crippen LogP contribution is 2.08. The fourth-order valence-electron chi connectivity index (χ4n) is 1.75. The van der Waals surface area contributed by atoms with E-state index in [4.69, 9.17) is 15.2 Å². The van der Waals surface area contributed by atoms with Crippen LogP contribution in [0.3, 0.4) is 0 Å². The lowest BCUT2D eigenvalue weighted by atomic mass is 10.1. The van der Waals surface area contributed by atoms with E-state index in [0.717, 1.165) is 12.1 Å². The molecule has 0 bridgehead atoms. The third kappa shape index (κ3) is 4.72. The molecular weight excluding hydrogens is 228 g/mol. The number of aromatic nitrogens is 1. The van der Waals surface area contributed by atoms with Gasteiger partial charge in [0.15, 0.2) is 6.29 Å². The van der Waals surface area contributed by atoms with Gasteiger partial charge in [0, 0.05) is 31.5 Å². The van der Waals surface area contributed by atoms with Gasteiger partial charge >= 0.3 is 0 Å². The highest BCUT2D eigenvalue weighted by molar-refractivity contribution is 5.14. The van der Waals surface area contributed by atoms with Gasteiger partial charge in [-0.15, -0.1) is 0 Å². The zero-order valence-corrected chi connectivity index (χ0v) is 11.6. The van der Waals surface area contributed by atoms with Crippen molar-refractivity contribution in [1.29, 1.82) is 0 Å². The Hall–Kier alpha value is -0.970. The molecule has 0 radical (unpaired) electrons. The minimum absolute atomic E-state index is 0.190. The molecule has 2 N–H and O–H groups in total. The summed E-state index contributed by atoms with van der Waals surface area (Å²) in [6.07, 6.45) is 3.21. The molecule has 18 heavy (non-hydrogen) atoms. The smallest absolute Gasteiger partial charge is 0.172 e. The second-order valence-electron chi connectivity index (χ2n) is 4.16. The van der Waals surface area contributed by atoms with Crippen molar-refractivity contribution in [2.24, 2.45) is 5.73 Å². The van der Waals surface area contributed by atoms with Crippen molar-refractivity contribution in [1.82, 2.24) is 4.98 Å². The largest absolute Gasteiger partial charge is 0.351 e. The molecule has 4 nitrogen and oxygen atoms in total. The number of nitrogens with zero attached hydrogens (tertiary/aromatic N) is 1. The molecule has 0 aliphatic rings. The van der Waals surface area contributed by atoms with Gasteiger partial charge in [-0.05, 0) is 31.9 Å². The monoisotopic (exact) mass is 252 g/mol. The third-order valence-corrected chi connectivity index (χ3v) is 2.75. The Balaban J connectivity index is 2.57. The normalized spacial score (nSPS) is 12.9. The van der Waals surface area contributed by atoms with Crippen LogP contribution in [0, 0.1) is 0 Å². The molecule has 1 atom stereocenters. The maximum absolute atomic E-state index is 6.10. The molecule has 0 spiro atoms. The molecule has 0 saturated heterocycles. The lowest BCUT2D eigenvalue weighted by molar-refractivity contribution is -0.148. The standard InChI is InChI=1S/C14H24N2O2/c1-4-11-7-8-12(16-10-11)9-13(15)14(17-5-2)18-6-3/h7-8,10,13-14H,4-6,9,15H2,1-3H3. The molecule has 0 aliphatic carbocycles. The highest BCUT2D eigenvalue weighted by Gasteiger charge is 2.19. The first kappa shape index (κ1) is 15.1. The van der Waals surface area contributed by atoms with Gasteiger partial charge in [0.1, 0.15) is 0 Å². The van der Waals surface area contributed by atoms with Crippen LogP contribution in [0.25, 0.3) is 0 Å². The van der Waals surface area contributed by atoms with Crippen LogP contribution in [-0.4, -0.2) is 30.5 Å². The lowest BCUT2D eigenvalue weighted by Gasteiger charge is -2.23. The number of pyridine rings is 1. The van der Waals surface area contributed by atoms with Gasteiger partial charge in [0.25, 0.3) is 0 Å². The maximum atomic E-state index is 6.10. The molecule has 1 heterocycles. The predicted octanol–water partition coefficient (Wildman–Crippen LogP) is 1.91. The van der Waals surface area contributed by atoms with Crippen LogP contribution in [0.5, 0.6) is 0 Å². The Labute approximate surface area is 110 Å². The number of rotatable bonds is 8. The predicted molar refractivity (Wildman–Crippen MR) is 72.3 cm³/mol. The number of ether oxygens (including phenoxy) is 2. The molecule has 4 heteroatoms. The van der Waals surface area contributed by atoms with Crippen LogP contribution in [0.1, 0.15) is 32.0 Å². The summed E-state index contributed by atoms with van der Waals surface area (Å²) in [5.41, 5.74) is 8.31. The molecule has 0 fully saturated rings. The van der Waals surface area contributed by atoms with Crippen molar-refractivity contribution < 1.29 is 9.47 Å². The number of aryl methyl sites for hydroxylation is 1. The van der Waals surface area contributed by atoms with Gasteiger partial charge in [-0.1, -0.05) is 13.0 Å². The topological polar surface area (TPSA) is 57.4 Å². The molecule has 1 unspecified atom stereocenters. The first-order valence-electron chi connectivity index (χ1n) is 6.63. The third-order valence-electron chi connectivity index (χ3n) is 2.75. The van der Waals surface area contributed by atoms with E-state index in [1.54, 1.807) is 0 Å². The van der Waals surface area contributed by atoms with Crippen LogP contribution in [0.4, 0.5) is 0 Å². The highest BCUT2D eigenvalue weighted by atomic mass is 16.7. The summed E-state index contributed by atoms with van der Waals surface area (Å²) in [5, 5.41) is 0. The van der Waals surface area contributed by atoms with Crippen LogP contribution >= 0.6 is 0 Å². The molecule has 0 amide bonds. The van der Waals surface area contributed by atoms with E-state index in [0.29, 0.717) is 19.6 Å². The van der Waals surface area contributed by atoms with Crippen molar-refractivity contribution >= 4 is 0 Å². The van der Waals surface area contributed by atoms with Gasteiger partial charge in [-0.3, -0.25) is 4.98 Å². The molecule has 1 aromatic rings.